The van der Waals surface area contributed by atoms with Gasteiger partial charge in [0.15, 0.2) is 0 Å². The maximum absolute atomic E-state index is 10.8. The van der Waals surface area contributed by atoms with E-state index < -0.39 is 0 Å². The third-order valence-corrected chi connectivity index (χ3v) is 1.95. The first-order valence-corrected chi connectivity index (χ1v) is 3.94. The summed E-state index contributed by atoms with van der Waals surface area (Å²) < 4.78 is 0. The van der Waals surface area contributed by atoms with E-state index in [1.165, 1.54) is 0 Å². The number of piperidine rings is 1. The minimum Gasteiger partial charge on any atom is -0.301 e. The van der Waals surface area contributed by atoms with Crippen LogP contribution in [0.2, 0.25) is 0 Å². The minimum absolute atomic E-state index is 0.359. The van der Waals surface area contributed by atoms with Gasteiger partial charge in [0.05, 0.1) is 6.07 Å². The Hall–Kier alpha value is -0.880. The van der Waals surface area contributed by atoms with Gasteiger partial charge < -0.3 is 4.90 Å². The normalized spacial score (nSPS) is 19.7. The number of rotatable bonds is 2. The summed E-state index contributed by atoms with van der Waals surface area (Å²) in [6, 6.07) is 2.10. The highest BCUT2D eigenvalue weighted by Gasteiger charge is 2.14. The van der Waals surface area contributed by atoms with Crippen molar-refractivity contribution in [2.45, 2.75) is 19.3 Å². The zero-order chi connectivity index (χ0) is 8.10. The molecule has 0 aromatic carbocycles. The van der Waals surface area contributed by atoms with Crippen LogP contribution in [0.4, 0.5) is 0 Å². The Morgan fingerprint density at radius 2 is 2.09 bits per heavy atom. The highest BCUT2D eigenvalue weighted by atomic mass is 16.1. The van der Waals surface area contributed by atoms with Crippen molar-refractivity contribution in [1.82, 2.24) is 4.90 Å². The van der Waals surface area contributed by atoms with Crippen LogP contribution in [0.1, 0.15) is 19.3 Å². The number of Topliss-reactive ketones (excluding diaryl/α,β-unsaturated/α-hetero) is 1. The van der Waals surface area contributed by atoms with Gasteiger partial charge in [0, 0.05) is 38.9 Å². The summed E-state index contributed by atoms with van der Waals surface area (Å²) in [5, 5.41) is 8.31. The Morgan fingerprint density at radius 3 is 2.64 bits per heavy atom. The molecule has 0 radical (unpaired) electrons. The monoisotopic (exact) mass is 152 g/mol. The molecule has 3 heteroatoms. The molecule has 1 saturated heterocycles. The average molecular weight is 152 g/mol. The van der Waals surface area contributed by atoms with Crippen molar-refractivity contribution in [3.63, 3.8) is 0 Å². The van der Waals surface area contributed by atoms with Gasteiger partial charge in [0.25, 0.3) is 0 Å². The van der Waals surface area contributed by atoms with Crippen molar-refractivity contribution in [1.29, 1.82) is 5.26 Å². The molecule has 1 aliphatic rings. The van der Waals surface area contributed by atoms with Crippen LogP contribution in [0, 0.1) is 11.3 Å². The Bertz CT molecular complexity index is 173. The van der Waals surface area contributed by atoms with Crippen LogP contribution in [0.15, 0.2) is 0 Å². The summed E-state index contributed by atoms with van der Waals surface area (Å²) in [4.78, 5) is 13.0. The van der Waals surface area contributed by atoms with Gasteiger partial charge in [-0.05, 0) is 0 Å². The van der Waals surface area contributed by atoms with Crippen molar-refractivity contribution in [2.75, 3.05) is 19.6 Å². The second kappa shape index (κ2) is 4.09. The molecule has 0 amide bonds. The van der Waals surface area contributed by atoms with Crippen molar-refractivity contribution in [2.24, 2.45) is 0 Å². The third-order valence-electron chi connectivity index (χ3n) is 1.95. The highest BCUT2D eigenvalue weighted by molar-refractivity contribution is 5.79. The van der Waals surface area contributed by atoms with Crippen molar-refractivity contribution < 1.29 is 4.79 Å². The van der Waals surface area contributed by atoms with Gasteiger partial charge >= 0.3 is 0 Å². The average Bonchev–Trinajstić information content (AvgIpc) is 2.04. The van der Waals surface area contributed by atoms with E-state index in [1.54, 1.807) is 0 Å². The molecule has 0 atom stereocenters. The Labute approximate surface area is 66.6 Å². The molecule has 1 heterocycles. The van der Waals surface area contributed by atoms with Crippen LogP contribution in [-0.4, -0.2) is 30.3 Å². The van der Waals surface area contributed by atoms with Gasteiger partial charge in [-0.3, -0.25) is 4.79 Å². The molecule has 60 valence electrons. The number of nitrogens with zero attached hydrogens (tertiary/aromatic N) is 2. The zero-order valence-electron chi connectivity index (χ0n) is 6.55. The maximum atomic E-state index is 10.8. The second-order valence-corrected chi connectivity index (χ2v) is 2.79. The summed E-state index contributed by atoms with van der Waals surface area (Å²) in [7, 11) is 0. The van der Waals surface area contributed by atoms with Crippen LogP contribution in [0.3, 0.4) is 0 Å². The predicted molar refractivity (Wildman–Crippen MR) is 40.9 cm³/mol. The number of likely N-dealkylation sites (tertiary alicyclic amines) is 1. The molecule has 0 aromatic rings. The molecule has 0 saturated carbocycles. The summed E-state index contributed by atoms with van der Waals surface area (Å²) in [6.07, 6.45) is 1.92. The standard InChI is InChI=1S/C8H12N2O/c9-4-1-5-10-6-2-8(11)3-7-10/h1-3,5-7H2. The summed E-state index contributed by atoms with van der Waals surface area (Å²) in [6.45, 7) is 2.52. The molecule has 0 N–H and O–H groups in total. The van der Waals surface area contributed by atoms with E-state index in [0.29, 0.717) is 25.0 Å². The molecule has 0 unspecified atom stereocenters. The number of hydrogen-bond acceptors (Lipinski definition) is 3. The number of carbonyl (C=O) groups is 1. The molecular weight excluding hydrogens is 140 g/mol. The molecule has 3 nitrogen and oxygen atoms in total. The Morgan fingerprint density at radius 1 is 1.45 bits per heavy atom. The van der Waals surface area contributed by atoms with Gasteiger partial charge in [-0.15, -0.1) is 0 Å². The van der Waals surface area contributed by atoms with Crippen LogP contribution in [0.25, 0.3) is 0 Å². The molecule has 0 aromatic heterocycles. The first-order chi connectivity index (χ1) is 5.33. The van der Waals surface area contributed by atoms with Gasteiger partial charge in [-0.25, -0.2) is 0 Å². The Kier molecular flexibility index (Phi) is 3.06. The van der Waals surface area contributed by atoms with Crippen molar-refractivity contribution >= 4 is 5.78 Å². The van der Waals surface area contributed by atoms with E-state index in [0.717, 1.165) is 19.6 Å². The van der Waals surface area contributed by atoms with Crippen LogP contribution in [-0.2, 0) is 4.79 Å². The Balaban J connectivity index is 2.18. The molecule has 0 spiro atoms. The smallest absolute Gasteiger partial charge is 0.135 e. The molecule has 1 rings (SSSR count). The van der Waals surface area contributed by atoms with Gasteiger partial charge in [0.2, 0.25) is 0 Å². The summed E-state index contributed by atoms with van der Waals surface area (Å²) >= 11 is 0. The molecule has 1 aliphatic heterocycles. The largest absolute Gasteiger partial charge is 0.301 e. The van der Waals surface area contributed by atoms with Crippen molar-refractivity contribution in [3.8, 4) is 6.07 Å². The number of carbonyl (C=O) groups excluding carboxylic acids is 1. The molecule has 11 heavy (non-hydrogen) atoms. The number of nitriles is 1. The van der Waals surface area contributed by atoms with Gasteiger partial charge in [0.1, 0.15) is 5.78 Å². The summed E-state index contributed by atoms with van der Waals surface area (Å²) in [5.41, 5.74) is 0. The van der Waals surface area contributed by atoms with E-state index in [4.69, 9.17) is 5.26 Å². The fourth-order valence-corrected chi connectivity index (χ4v) is 1.23. The van der Waals surface area contributed by atoms with E-state index in [9.17, 15) is 4.79 Å². The zero-order valence-corrected chi connectivity index (χ0v) is 6.55. The molecular formula is C8H12N2O. The first-order valence-electron chi connectivity index (χ1n) is 3.94. The lowest BCUT2D eigenvalue weighted by Gasteiger charge is -2.24. The molecule has 0 bridgehead atoms. The van der Waals surface area contributed by atoms with Crippen LogP contribution < -0.4 is 0 Å². The van der Waals surface area contributed by atoms with E-state index in [1.807, 2.05) is 0 Å². The maximum Gasteiger partial charge on any atom is 0.135 e. The quantitative estimate of drug-likeness (QED) is 0.581. The van der Waals surface area contributed by atoms with Gasteiger partial charge in [-0.2, -0.15) is 5.26 Å². The summed E-state index contributed by atoms with van der Waals surface area (Å²) in [5.74, 6) is 0.359. The number of ketones is 1. The second-order valence-electron chi connectivity index (χ2n) is 2.79. The predicted octanol–water partition coefficient (Wildman–Crippen LogP) is 0.565. The fourth-order valence-electron chi connectivity index (χ4n) is 1.23. The first kappa shape index (κ1) is 8.22. The third kappa shape index (κ3) is 2.69. The minimum atomic E-state index is 0.359. The van der Waals surface area contributed by atoms with E-state index >= 15 is 0 Å². The lowest BCUT2D eigenvalue weighted by atomic mass is 10.1. The van der Waals surface area contributed by atoms with Crippen LogP contribution >= 0.6 is 0 Å². The highest BCUT2D eigenvalue weighted by Crippen LogP contribution is 2.05. The van der Waals surface area contributed by atoms with E-state index in [2.05, 4.69) is 11.0 Å². The van der Waals surface area contributed by atoms with E-state index in [-0.39, 0.29) is 0 Å². The number of hydrogen-bond donors (Lipinski definition) is 0. The molecule has 0 aliphatic carbocycles. The lowest BCUT2D eigenvalue weighted by molar-refractivity contribution is -0.121. The lowest BCUT2D eigenvalue weighted by Crippen LogP contribution is -2.34. The fraction of sp³-hybridized carbons (Fsp3) is 0.750. The van der Waals surface area contributed by atoms with Crippen molar-refractivity contribution in [3.05, 3.63) is 0 Å². The molecule has 1 fully saturated rings. The van der Waals surface area contributed by atoms with Crippen LogP contribution in [0.5, 0.6) is 0 Å². The SMILES string of the molecule is N#CCCN1CCC(=O)CC1. The van der Waals surface area contributed by atoms with Gasteiger partial charge in [-0.1, -0.05) is 0 Å². The topological polar surface area (TPSA) is 44.1 Å².